The molecular formula is C20H36I2N2. The fraction of sp³-hybridized carbons (Fsp3) is 0.750. The van der Waals surface area contributed by atoms with E-state index in [1.54, 1.807) is 0 Å². The summed E-state index contributed by atoms with van der Waals surface area (Å²) in [5, 5.41) is 0. The van der Waals surface area contributed by atoms with Crippen molar-refractivity contribution in [2.24, 2.45) is 0 Å². The monoisotopic (exact) mass is 558 g/mol. The van der Waals surface area contributed by atoms with Crippen molar-refractivity contribution in [2.75, 3.05) is 13.6 Å². The molecule has 1 saturated heterocycles. The zero-order chi connectivity index (χ0) is 15.6. The lowest BCUT2D eigenvalue weighted by atomic mass is 10.1. The van der Waals surface area contributed by atoms with Crippen LogP contribution in [0.2, 0.25) is 0 Å². The molecule has 2 rings (SSSR count). The third-order valence-corrected chi connectivity index (χ3v) is 5.06. The van der Waals surface area contributed by atoms with Gasteiger partial charge in [0.2, 0.25) is 0 Å². The van der Waals surface area contributed by atoms with Crippen LogP contribution in [0.3, 0.4) is 0 Å². The maximum Gasteiger partial charge on any atom is 0.173 e. The highest BCUT2D eigenvalue weighted by Crippen LogP contribution is 2.29. The van der Waals surface area contributed by atoms with E-state index in [9.17, 15) is 0 Å². The van der Waals surface area contributed by atoms with Crippen molar-refractivity contribution in [3.8, 4) is 0 Å². The predicted octanol–water partition coefficient (Wildman–Crippen LogP) is 2.50. The number of aromatic nitrogens is 1. The Bertz CT molecular complexity index is 426. The molecule has 1 aromatic heterocycles. The number of nitrogens with zero attached hydrogens (tertiary/aromatic N) is 2. The molecule has 0 spiro atoms. The maximum atomic E-state index is 2.50. The molecule has 1 aromatic rings. The van der Waals surface area contributed by atoms with Gasteiger partial charge < -0.3 is 24.0 Å². The van der Waals surface area contributed by atoms with Gasteiger partial charge in [0.15, 0.2) is 12.4 Å². The van der Waals surface area contributed by atoms with Gasteiger partial charge in [-0.3, -0.25) is 4.90 Å². The molecule has 0 amide bonds. The summed E-state index contributed by atoms with van der Waals surface area (Å²) < 4.78 is 2.40. The third-order valence-electron chi connectivity index (χ3n) is 5.06. The van der Waals surface area contributed by atoms with Gasteiger partial charge in [0.25, 0.3) is 0 Å². The van der Waals surface area contributed by atoms with E-state index in [1.165, 1.54) is 82.9 Å². The Hall–Kier alpha value is 0.570. The van der Waals surface area contributed by atoms with Crippen LogP contribution in [0.15, 0.2) is 24.5 Å². The summed E-state index contributed by atoms with van der Waals surface area (Å²) in [6.45, 7) is 4.71. The van der Waals surface area contributed by atoms with Crippen LogP contribution in [0.1, 0.15) is 82.7 Å². The molecular weight excluding hydrogens is 522 g/mol. The summed E-state index contributed by atoms with van der Waals surface area (Å²) in [6.07, 6.45) is 18.5. The summed E-state index contributed by atoms with van der Waals surface area (Å²) in [5.41, 5.74) is 1.50. The molecule has 0 aliphatic carbocycles. The van der Waals surface area contributed by atoms with Crippen molar-refractivity contribution in [1.82, 2.24) is 4.90 Å². The fourth-order valence-corrected chi connectivity index (χ4v) is 3.64. The van der Waals surface area contributed by atoms with E-state index in [-0.39, 0.29) is 48.0 Å². The summed E-state index contributed by atoms with van der Waals surface area (Å²) in [5.74, 6) is 0. The van der Waals surface area contributed by atoms with Crippen LogP contribution in [0.4, 0.5) is 0 Å². The molecule has 4 heteroatoms. The lowest BCUT2D eigenvalue weighted by Crippen LogP contribution is -3.00. The molecule has 2 nitrogen and oxygen atoms in total. The van der Waals surface area contributed by atoms with E-state index in [4.69, 9.17) is 0 Å². The Kier molecular flexibility index (Phi) is 15.1. The van der Waals surface area contributed by atoms with E-state index in [0.717, 1.165) is 0 Å². The highest BCUT2D eigenvalue weighted by molar-refractivity contribution is 14.0. The Balaban J connectivity index is 0.00000264. The van der Waals surface area contributed by atoms with E-state index in [2.05, 4.69) is 48.0 Å². The molecule has 1 atom stereocenters. The highest BCUT2D eigenvalue weighted by Gasteiger charge is 2.24. The number of hydrogen-bond donors (Lipinski definition) is 0. The van der Waals surface area contributed by atoms with Crippen LogP contribution in [0.5, 0.6) is 0 Å². The van der Waals surface area contributed by atoms with Crippen LogP contribution in [0.25, 0.3) is 0 Å². The van der Waals surface area contributed by atoms with Gasteiger partial charge in [-0.2, -0.15) is 0 Å². The second-order valence-corrected chi connectivity index (χ2v) is 6.99. The van der Waals surface area contributed by atoms with Crippen LogP contribution in [0, 0.1) is 0 Å². The molecule has 0 bridgehead atoms. The molecule has 0 aromatic carbocycles. The fourth-order valence-electron chi connectivity index (χ4n) is 3.64. The van der Waals surface area contributed by atoms with Gasteiger partial charge in [-0.25, -0.2) is 4.57 Å². The Labute approximate surface area is 183 Å². The molecule has 0 saturated carbocycles. The lowest BCUT2D eigenvalue weighted by Gasteiger charge is -2.18. The number of aryl methyl sites for hydroxylation is 1. The zero-order valence-electron chi connectivity index (χ0n) is 15.6. The van der Waals surface area contributed by atoms with Gasteiger partial charge in [-0.1, -0.05) is 45.4 Å². The van der Waals surface area contributed by atoms with Crippen molar-refractivity contribution in [1.29, 1.82) is 0 Å². The van der Waals surface area contributed by atoms with Crippen LogP contribution in [-0.4, -0.2) is 18.5 Å². The van der Waals surface area contributed by atoms with Gasteiger partial charge in [0.1, 0.15) is 6.54 Å². The first-order valence-electron chi connectivity index (χ1n) is 9.50. The number of halogens is 2. The van der Waals surface area contributed by atoms with E-state index in [0.29, 0.717) is 6.04 Å². The second-order valence-electron chi connectivity index (χ2n) is 6.99. The van der Waals surface area contributed by atoms with Crippen LogP contribution >= 0.6 is 24.0 Å². The SMILES string of the molecule is CCCCCCCCCC[n+]1cccc(C2CCCN2C)c1.I.[I-]. The summed E-state index contributed by atoms with van der Waals surface area (Å²) in [7, 11) is 2.26. The average molecular weight is 558 g/mol. The molecule has 0 N–H and O–H groups in total. The average Bonchev–Trinajstić information content (AvgIpc) is 2.96. The number of pyridine rings is 1. The van der Waals surface area contributed by atoms with Crippen LogP contribution in [-0.2, 0) is 6.54 Å². The van der Waals surface area contributed by atoms with Gasteiger partial charge in [-0.05, 0) is 38.9 Å². The number of likely N-dealkylation sites (tertiary alicyclic amines) is 1. The summed E-state index contributed by atoms with van der Waals surface area (Å²) in [6, 6.07) is 5.18. The van der Waals surface area contributed by atoms with E-state index in [1.807, 2.05) is 0 Å². The molecule has 24 heavy (non-hydrogen) atoms. The first-order valence-corrected chi connectivity index (χ1v) is 9.50. The summed E-state index contributed by atoms with van der Waals surface area (Å²) in [4.78, 5) is 2.50. The Morgan fingerprint density at radius 2 is 1.75 bits per heavy atom. The molecule has 1 aliphatic rings. The van der Waals surface area contributed by atoms with Crippen molar-refractivity contribution < 1.29 is 28.5 Å². The zero-order valence-corrected chi connectivity index (χ0v) is 20.0. The largest absolute Gasteiger partial charge is 1.00 e. The van der Waals surface area contributed by atoms with Gasteiger partial charge in [0.05, 0.1) is 0 Å². The minimum Gasteiger partial charge on any atom is -1.00 e. The van der Waals surface area contributed by atoms with Gasteiger partial charge in [0, 0.05) is 24.1 Å². The van der Waals surface area contributed by atoms with Crippen molar-refractivity contribution in [3.63, 3.8) is 0 Å². The maximum absolute atomic E-state index is 2.50. The molecule has 1 aliphatic heterocycles. The smallest absolute Gasteiger partial charge is 0.173 e. The Morgan fingerprint density at radius 1 is 1.08 bits per heavy atom. The third kappa shape index (κ3) is 8.79. The Morgan fingerprint density at radius 3 is 2.38 bits per heavy atom. The first kappa shape index (κ1) is 24.6. The van der Waals surface area contributed by atoms with E-state index >= 15 is 0 Å². The number of rotatable bonds is 10. The standard InChI is InChI=1S/C20H35N2.2HI/c1-3-4-5-6-7-8-9-10-16-22-17-11-13-19(18-22)20-14-12-15-21(20)2;;/h11,13,17-18,20H,3-10,12,14-16H2,1-2H3;2*1H/q+1;;/p-1. The normalized spacial score (nSPS) is 17.3. The van der Waals surface area contributed by atoms with Crippen molar-refractivity contribution in [2.45, 2.75) is 83.7 Å². The van der Waals surface area contributed by atoms with Crippen molar-refractivity contribution >= 4 is 24.0 Å². The lowest BCUT2D eigenvalue weighted by molar-refractivity contribution is -0.697. The molecule has 1 fully saturated rings. The predicted molar refractivity (Wildman–Crippen MR) is 109 cm³/mol. The second kappa shape index (κ2) is 14.7. The first-order chi connectivity index (χ1) is 10.8. The van der Waals surface area contributed by atoms with Gasteiger partial charge >= 0.3 is 0 Å². The highest BCUT2D eigenvalue weighted by atomic mass is 127. The molecule has 0 radical (unpaired) electrons. The van der Waals surface area contributed by atoms with Gasteiger partial charge in [-0.15, -0.1) is 24.0 Å². The van der Waals surface area contributed by atoms with Crippen molar-refractivity contribution in [3.05, 3.63) is 30.1 Å². The van der Waals surface area contributed by atoms with Crippen LogP contribution < -0.4 is 28.5 Å². The summed E-state index contributed by atoms with van der Waals surface area (Å²) >= 11 is 0. The molecule has 140 valence electrons. The van der Waals surface area contributed by atoms with E-state index < -0.39 is 0 Å². The topological polar surface area (TPSA) is 7.12 Å². The molecule has 2 heterocycles. The quantitative estimate of drug-likeness (QED) is 0.244. The minimum atomic E-state index is 0. The minimum absolute atomic E-state index is 0. The number of unbranched alkanes of at least 4 members (excludes halogenated alkanes) is 7. The number of hydrogen-bond acceptors (Lipinski definition) is 1. The molecule has 1 unspecified atom stereocenters.